The van der Waals surface area contributed by atoms with Gasteiger partial charge in [-0.15, -0.1) is 11.3 Å². The van der Waals surface area contributed by atoms with Crippen molar-refractivity contribution in [2.45, 2.75) is 18.7 Å². The zero-order valence-electron chi connectivity index (χ0n) is 17.2. The normalized spacial score (nSPS) is 14.8. The van der Waals surface area contributed by atoms with Crippen molar-refractivity contribution in [2.24, 2.45) is 0 Å². The molecule has 1 fully saturated rings. The van der Waals surface area contributed by atoms with E-state index in [-0.39, 0.29) is 17.3 Å². The number of anilines is 1. The maximum Gasteiger partial charge on any atom is 0.242 e. The molecule has 0 radical (unpaired) electrons. The van der Waals surface area contributed by atoms with Crippen LogP contribution in [-0.4, -0.2) is 62.1 Å². The lowest BCUT2D eigenvalue weighted by atomic mass is 10.2. The summed E-state index contributed by atoms with van der Waals surface area (Å²) in [5.41, 5.74) is 1.12. The molecule has 1 aliphatic rings. The average Bonchev–Trinajstić information content (AvgIpc) is 3.39. The summed E-state index contributed by atoms with van der Waals surface area (Å²) in [4.78, 5) is 21.9. The van der Waals surface area contributed by atoms with Crippen LogP contribution < -0.4 is 9.62 Å². The molecular weight excluding hydrogens is 438 g/mol. The number of benzene rings is 1. The third kappa shape index (κ3) is 4.78. The Balaban J connectivity index is 1.35. The van der Waals surface area contributed by atoms with Gasteiger partial charge < -0.3 is 14.3 Å². The summed E-state index contributed by atoms with van der Waals surface area (Å²) >= 11 is 1.26. The molecule has 164 valence electrons. The third-order valence-corrected chi connectivity index (χ3v) is 7.78. The maximum atomic E-state index is 12.8. The molecule has 0 saturated carbocycles. The quantitative estimate of drug-likeness (QED) is 0.598. The van der Waals surface area contributed by atoms with E-state index in [0.717, 1.165) is 5.69 Å². The Morgan fingerprint density at radius 3 is 2.52 bits per heavy atom. The van der Waals surface area contributed by atoms with E-state index in [1.165, 1.54) is 17.4 Å². The average molecular weight is 462 g/mol. The highest BCUT2D eigenvalue weighted by molar-refractivity contribution is 7.89. The van der Waals surface area contributed by atoms with Crippen molar-refractivity contribution in [3.63, 3.8) is 0 Å². The Bertz CT molecular complexity index is 1170. The Morgan fingerprint density at radius 1 is 1.16 bits per heavy atom. The monoisotopic (exact) mass is 461 g/mol. The Hall–Kier alpha value is -2.76. The minimum Gasteiger partial charge on any atom is -0.368 e. The number of aryl methyl sites for hydroxylation is 2. The summed E-state index contributed by atoms with van der Waals surface area (Å²) in [6, 6.07) is 11.5. The van der Waals surface area contributed by atoms with Gasteiger partial charge in [0.15, 0.2) is 0 Å². The molecular formula is C20H23N5O4S2. The third-order valence-electron chi connectivity index (χ3n) is 5.08. The maximum absolute atomic E-state index is 12.8. The Labute approximate surface area is 184 Å². The fourth-order valence-electron chi connectivity index (χ4n) is 3.44. The molecule has 0 atom stereocenters. The first kappa shape index (κ1) is 21.5. The number of amides is 1. The fourth-order valence-corrected chi connectivity index (χ4v) is 5.93. The van der Waals surface area contributed by atoms with Crippen molar-refractivity contribution in [3.05, 3.63) is 47.2 Å². The SMILES string of the molecule is Cc1nc(-c2cc(S(=O)(=O)NCC(=O)N3CCN(c4ccccc4)CC3)c(C)s2)no1. The summed E-state index contributed by atoms with van der Waals surface area (Å²) in [7, 11) is -3.84. The molecule has 0 spiro atoms. The highest BCUT2D eigenvalue weighted by Crippen LogP contribution is 2.31. The number of nitrogens with zero attached hydrogens (tertiary/aromatic N) is 4. The first-order chi connectivity index (χ1) is 14.8. The first-order valence-electron chi connectivity index (χ1n) is 9.82. The lowest BCUT2D eigenvalue weighted by molar-refractivity contribution is -0.130. The second-order valence-corrected chi connectivity index (χ2v) is 10.2. The number of rotatable bonds is 6. The van der Waals surface area contributed by atoms with Crippen molar-refractivity contribution in [3.8, 4) is 10.7 Å². The van der Waals surface area contributed by atoms with Crippen LogP contribution in [-0.2, 0) is 14.8 Å². The van der Waals surface area contributed by atoms with Crippen LogP contribution in [0.5, 0.6) is 0 Å². The smallest absolute Gasteiger partial charge is 0.242 e. The molecule has 3 aromatic rings. The van der Waals surface area contributed by atoms with Crippen LogP contribution >= 0.6 is 11.3 Å². The molecule has 0 aliphatic carbocycles. The second-order valence-electron chi connectivity index (χ2n) is 7.20. The van der Waals surface area contributed by atoms with E-state index in [1.54, 1.807) is 18.7 Å². The van der Waals surface area contributed by atoms with Crippen molar-refractivity contribution in [1.29, 1.82) is 0 Å². The summed E-state index contributed by atoms with van der Waals surface area (Å²) in [6.45, 7) is 5.61. The first-order valence-corrected chi connectivity index (χ1v) is 12.1. The van der Waals surface area contributed by atoms with Gasteiger partial charge in [0.05, 0.1) is 16.3 Å². The molecule has 0 bridgehead atoms. The van der Waals surface area contributed by atoms with Gasteiger partial charge in [0.2, 0.25) is 27.6 Å². The molecule has 1 amide bonds. The van der Waals surface area contributed by atoms with Gasteiger partial charge in [-0.3, -0.25) is 4.79 Å². The number of aromatic nitrogens is 2. The molecule has 0 unspecified atom stereocenters. The predicted octanol–water partition coefficient (Wildman–Crippen LogP) is 2.04. The van der Waals surface area contributed by atoms with Crippen LogP contribution in [0.4, 0.5) is 5.69 Å². The standard InChI is InChI=1S/C20H23N5O4S2/c1-14-18(12-17(30-14)20-22-15(2)29-23-20)31(27,28)21-13-19(26)25-10-8-24(9-11-25)16-6-4-3-5-7-16/h3-7,12,21H,8-11,13H2,1-2H3. The van der Waals surface area contributed by atoms with Gasteiger partial charge in [-0.1, -0.05) is 23.4 Å². The van der Waals surface area contributed by atoms with E-state index in [4.69, 9.17) is 4.52 Å². The van der Waals surface area contributed by atoms with Gasteiger partial charge in [-0.2, -0.15) is 4.98 Å². The van der Waals surface area contributed by atoms with E-state index in [9.17, 15) is 13.2 Å². The number of sulfonamides is 1. The number of para-hydroxylation sites is 1. The van der Waals surface area contributed by atoms with Gasteiger partial charge in [0.25, 0.3) is 0 Å². The minimum absolute atomic E-state index is 0.122. The second kappa shape index (κ2) is 8.77. The molecule has 3 heterocycles. The number of thiophene rings is 1. The van der Waals surface area contributed by atoms with Crippen molar-refractivity contribution in [1.82, 2.24) is 19.8 Å². The van der Waals surface area contributed by atoms with E-state index in [2.05, 4.69) is 19.8 Å². The van der Waals surface area contributed by atoms with Crippen molar-refractivity contribution < 1.29 is 17.7 Å². The molecule has 1 aliphatic heterocycles. The van der Waals surface area contributed by atoms with Gasteiger partial charge >= 0.3 is 0 Å². The fraction of sp³-hybridized carbons (Fsp3) is 0.350. The number of hydrogen-bond acceptors (Lipinski definition) is 8. The lowest BCUT2D eigenvalue weighted by Gasteiger charge is -2.36. The Kier molecular flexibility index (Phi) is 6.08. The van der Waals surface area contributed by atoms with Crippen LogP contribution in [0.2, 0.25) is 0 Å². The van der Waals surface area contributed by atoms with Gasteiger partial charge in [0, 0.05) is 43.7 Å². The van der Waals surface area contributed by atoms with Crippen LogP contribution in [0.25, 0.3) is 10.7 Å². The summed E-state index contributed by atoms with van der Waals surface area (Å²) in [6.07, 6.45) is 0. The van der Waals surface area contributed by atoms with E-state index < -0.39 is 10.0 Å². The zero-order valence-corrected chi connectivity index (χ0v) is 18.9. The highest BCUT2D eigenvalue weighted by Gasteiger charge is 2.25. The predicted molar refractivity (Wildman–Crippen MR) is 118 cm³/mol. The van der Waals surface area contributed by atoms with Gasteiger partial charge in [0.1, 0.15) is 0 Å². The minimum atomic E-state index is -3.84. The van der Waals surface area contributed by atoms with Crippen molar-refractivity contribution in [2.75, 3.05) is 37.6 Å². The highest BCUT2D eigenvalue weighted by atomic mass is 32.2. The number of carbonyl (C=O) groups is 1. The molecule has 1 aromatic carbocycles. The molecule has 1 N–H and O–H groups in total. The summed E-state index contributed by atoms with van der Waals surface area (Å²) in [5.74, 6) is 0.513. The number of nitrogens with one attached hydrogen (secondary N) is 1. The summed E-state index contributed by atoms with van der Waals surface area (Å²) < 4.78 is 33.0. The van der Waals surface area contributed by atoms with E-state index >= 15 is 0 Å². The Morgan fingerprint density at radius 2 is 1.87 bits per heavy atom. The largest absolute Gasteiger partial charge is 0.368 e. The lowest BCUT2D eigenvalue weighted by Crippen LogP contribution is -2.51. The molecule has 11 heteroatoms. The van der Waals surface area contributed by atoms with Crippen LogP contribution in [0.1, 0.15) is 10.8 Å². The van der Waals surface area contributed by atoms with Crippen LogP contribution in [0.15, 0.2) is 45.8 Å². The van der Waals surface area contributed by atoms with Gasteiger partial charge in [-0.25, -0.2) is 13.1 Å². The van der Waals surface area contributed by atoms with Gasteiger partial charge in [-0.05, 0) is 25.1 Å². The molecule has 9 nitrogen and oxygen atoms in total. The molecule has 4 rings (SSSR count). The molecule has 1 saturated heterocycles. The summed E-state index contributed by atoms with van der Waals surface area (Å²) in [5, 5.41) is 3.83. The van der Waals surface area contributed by atoms with Crippen LogP contribution in [0, 0.1) is 13.8 Å². The topological polar surface area (TPSA) is 109 Å². The molecule has 31 heavy (non-hydrogen) atoms. The number of carbonyl (C=O) groups excluding carboxylic acids is 1. The van der Waals surface area contributed by atoms with Crippen LogP contribution in [0.3, 0.4) is 0 Å². The van der Waals surface area contributed by atoms with E-state index in [1.807, 2.05) is 30.3 Å². The zero-order chi connectivity index (χ0) is 22.0. The van der Waals surface area contributed by atoms with E-state index in [0.29, 0.717) is 47.6 Å². The number of hydrogen-bond donors (Lipinski definition) is 1. The number of piperazine rings is 1. The van der Waals surface area contributed by atoms with Crippen molar-refractivity contribution >= 4 is 33.0 Å². The molecule has 2 aromatic heterocycles.